The molecule has 5 rings (SSSR count). The molecule has 4 N–H and O–H groups in total. The van der Waals surface area contributed by atoms with E-state index in [1.165, 1.54) is 30.3 Å². The van der Waals surface area contributed by atoms with Gasteiger partial charge in [-0.05, 0) is 70.4 Å². The number of rotatable bonds is 10. The van der Waals surface area contributed by atoms with Crippen LogP contribution in [0.2, 0.25) is 0 Å². The smallest absolute Gasteiger partial charge is 0.274 e. The van der Waals surface area contributed by atoms with Crippen LogP contribution in [0.1, 0.15) is 21.5 Å². The predicted molar refractivity (Wildman–Crippen MR) is 164 cm³/mol. The van der Waals surface area contributed by atoms with Gasteiger partial charge in [-0.3, -0.25) is 19.6 Å². The third kappa shape index (κ3) is 7.90. The van der Waals surface area contributed by atoms with Gasteiger partial charge in [-0.1, -0.05) is 60.7 Å². The quantitative estimate of drug-likeness (QED) is 0.0990. The Kier molecular flexibility index (Phi) is 9.16. The van der Waals surface area contributed by atoms with Gasteiger partial charge in [0.25, 0.3) is 5.91 Å². The minimum absolute atomic E-state index is 0.223. The van der Waals surface area contributed by atoms with E-state index in [0.717, 1.165) is 16.3 Å². The van der Waals surface area contributed by atoms with Crippen molar-refractivity contribution in [3.63, 3.8) is 0 Å². The highest BCUT2D eigenvalue weighted by Gasteiger charge is 2.21. The molecule has 0 aliphatic rings. The zero-order chi connectivity index (χ0) is 30.0. The molecule has 0 fully saturated rings. The first kappa shape index (κ1) is 28.7. The molecule has 0 radical (unpaired) electrons. The van der Waals surface area contributed by atoms with Crippen LogP contribution in [-0.2, 0) is 16.0 Å². The van der Waals surface area contributed by atoms with Gasteiger partial charge in [0, 0.05) is 36.0 Å². The Morgan fingerprint density at radius 2 is 1.58 bits per heavy atom. The molecule has 9 heteroatoms. The number of nitrogens with one attached hydrogen (secondary N) is 3. The van der Waals surface area contributed by atoms with E-state index in [1.807, 2.05) is 72.8 Å². The summed E-state index contributed by atoms with van der Waals surface area (Å²) >= 11 is 0. The second-order valence-corrected chi connectivity index (χ2v) is 9.63. The van der Waals surface area contributed by atoms with E-state index in [2.05, 4.69) is 15.6 Å². The summed E-state index contributed by atoms with van der Waals surface area (Å²) in [7, 11) is 0. The molecule has 1 aromatic heterocycles. The summed E-state index contributed by atoms with van der Waals surface area (Å²) < 4.78 is 5.70. The highest BCUT2D eigenvalue weighted by Crippen LogP contribution is 2.20. The maximum Gasteiger partial charge on any atom is 0.274 e. The Bertz CT molecular complexity index is 1750. The maximum atomic E-state index is 13.4. The van der Waals surface area contributed by atoms with E-state index in [9.17, 15) is 14.4 Å². The van der Waals surface area contributed by atoms with E-state index in [0.29, 0.717) is 22.9 Å². The van der Waals surface area contributed by atoms with Crippen LogP contribution in [0.15, 0.2) is 121 Å². The standard InChI is InChI=1S/C34H28N4O5/c39-31(18-11-23-12-19-32(35-22-23)43-29-8-2-1-3-9-29)37-30(21-24-10-13-25-6-4-5-7-27(25)20-24)34(41)36-28-16-14-26(15-17-28)33(40)38-42/h1-20,22,30,42H,21H2,(H,36,41)(H,37,39)(H,38,40)/b18-11+. The van der Waals surface area contributed by atoms with Crippen molar-refractivity contribution in [1.29, 1.82) is 0 Å². The molecule has 3 amide bonds. The van der Waals surface area contributed by atoms with Crippen molar-refractivity contribution in [2.45, 2.75) is 12.5 Å². The van der Waals surface area contributed by atoms with E-state index in [1.54, 1.807) is 29.9 Å². The van der Waals surface area contributed by atoms with Crippen LogP contribution >= 0.6 is 0 Å². The Hall–Kier alpha value is -5.80. The van der Waals surface area contributed by atoms with E-state index >= 15 is 0 Å². The number of ether oxygens (including phenoxy) is 1. The van der Waals surface area contributed by atoms with Crippen molar-refractivity contribution in [3.05, 3.63) is 138 Å². The molecule has 1 unspecified atom stereocenters. The van der Waals surface area contributed by atoms with E-state index in [4.69, 9.17) is 9.94 Å². The molecule has 0 spiro atoms. The topological polar surface area (TPSA) is 130 Å². The molecule has 0 saturated carbocycles. The van der Waals surface area contributed by atoms with Crippen LogP contribution in [-0.4, -0.2) is 34.0 Å². The molecular weight excluding hydrogens is 544 g/mol. The molecule has 0 bridgehead atoms. The van der Waals surface area contributed by atoms with Crippen molar-refractivity contribution in [2.75, 3.05) is 5.32 Å². The maximum absolute atomic E-state index is 13.4. The number of nitrogens with zero attached hydrogens (tertiary/aromatic N) is 1. The number of pyridine rings is 1. The SMILES string of the molecule is O=C(/C=C/c1ccc(Oc2ccccc2)nc1)NC(Cc1ccc2ccccc2c1)C(=O)Nc1ccc(C(=O)NO)cc1. The fraction of sp³-hybridized carbons (Fsp3) is 0.0588. The van der Waals surface area contributed by atoms with Gasteiger partial charge < -0.3 is 15.4 Å². The Morgan fingerprint density at radius 1 is 0.837 bits per heavy atom. The lowest BCUT2D eigenvalue weighted by atomic mass is 10.0. The summed E-state index contributed by atoms with van der Waals surface area (Å²) in [5.74, 6) is -0.469. The van der Waals surface area contributed by atoms with Crippen molar-refractivity contribution in [2.24, 2.45) is 0 Å². The normalized spacial score (nSPS) is 11.6. The molecule has 0 saturated heterocycles. The number of hydrogen-bond acceptors (Lipinski definition) is 6. The average molecular weight is 573 g/mol. The molecule has 4 aromatic carbocycles. The summed E-state index contributed by atoms with van der Waals surface area (Å²) in [6.07, 6.45) is 4.78. The largest absolute Gasteiger partial charge is 0.439 e. The van der Waals surface area contributed by atoms with Gasteiger partial charge in [-0.15, -0.1) is 0 Å². The molecule has 214 valence electrons. The number of para-hydroxylation sites is 1. The molecule has 9 nitrogen and oxygen atoms in total. The highest BCUT2D eigenvalue weighted by molar-refractivity contribution is 6.01. The number of anilines is 1. The molecule has 43 heavy (non-hydrogen) atoms. The molecule has 0 aliphatic carbocycles. The predicted octanol–water partition coefficient (Wildman–Crippen LogP) is 5.53. The highest BCUT2D eigenvalue weighted by atomic mass is 16.5. The number of carbonyl (C=O) groups excluding carboxylic acids is 3. The lowest BCUT2D eigenvalue weighted by molar-refractivity contribution is -0.123. The van der Waals surface area contributed by atoms with Gasteiger partial charge in [-0.25, -0.2) is 10.5 Å². The van der Waals surface area contributed by atoms with Crippen molar-refractivity contribution in [3.8, 4) is 11.6 Å². The zero-order valence-electron chi connectivity index (χ0n) is 22.9. The Morgan fingerprint density at radius 3 is 2.30 bits per heavy atom. The fourth-order valence-electron chi connectivity index (χ4n) is 4.36. The van der Waals surface area contributed by atoms with Gasteiger partial charge in [0.05, 0.1) is 0 Å². The number of benzene rings is 4. The first-order chi connectivity index (χ1) is 21.0. The van der Waals surface area contributed by atoms with Gasteiger partial charge in [0.15, 0.2) is 0 Å². The zero-order valence-corrected chi connectivity index (χ0v) is 22.9. The Balaban J connectivity index is 1.28. The molecule has 0 aliphatic heterocycles. The van der Waals surface area contributed by atoms with Gasteiger partial charge >= 0.3 is 0 Å². The molecule has 5 aromatic rings. The van der Waals surface area contributed by atoms with E-state index < -0.39 is 23.8 Å². The summed E-state index contributed by atoms with van der Waals surface area (Å²) in [5.41, 5.74) is 3.77. The second kappa shape index (κ2) is 13.7. The Labute approximate surface area is 247 Å². The number of hydrogen-bond donors (Lipinski definition) is 4. The summed E-state index contributed by atoms with van der Waals surface area (Å²) in [5, 5.41) is 16.5. The van der Waals surface area contributed by atoms with Gasteiger partial charge in [0.1, 0.15) is 11.8 Å². The van der Waals surface area contributed by atoms with Crippen LogP contribution < -0.4 is 20.9 Å². The number of hydroxylamine groups is 1. The number of aromatic nitrogens is 1. The van der Waals surface area contributed by atoms with Gasteiger partial charge in [0.2, 0.25) is 17.7 Å². The first-order valence-corrected chi connectivity index (χ1v) is 13.5. The lowest BCUT2D eigenvalue weighted by Crippen LogP contribution is -2.44. The summed E-state index contributed by atoms with van der Waals surface area (Å²) in [4.78, 5) is 42.2. The first-order valence-electron chi connectivity index (χ1n) is 13.5. The summed E-state index contributed by atoms with van der Waals surface area (Å²) in [6.45, 7) is 0. The summed E-state index contributed by atoms with van der Waals surface area (Å²) in [6, 6.07) is 31.7. The minimum atomic E-state index is -0.904. The number of carbonyl (C=O) groups is 3. The molecule has 1 heterocycles. The van der Waals surface area contributed by atoms with Crippen LogP contribution in [0.25, 0.3) is 16.8 Å². The average Bonchev–Trinajstić information content (AvgIpc) is 3.04. The van der Waals surface area contributed by atoms with Crippen LogP contribution in [0.5, 0.6) is 11.6 Å². The van der Waals surface area contributed by atoms with Crippen molar-refractivity contribution < 1.29 is 24.3 Å². The van der Waals surface area contributed by atoms with Crippen molar-refractivity contribution in [1.82, 2.24) is 15.8 Å². The third-order valence-electron chi connectivity index (χ3n) is 6.55. The minimum Gasteiger partial charge on any atom is -0.439 e. The number of fused-ring (bicyclic) bond motifs is 1. The number of amides is 3. The van der Waals surface area contributed by atoms with Crippen molar-refractivity contribution >= 4 is 40.3 Å². The van der Waals surface area contributed by atoms with Crippen LogP contribution in [0.4, 0.5) is 5.69 Å². The second-order valence-electron chi connectivity index (χ2n) is 9.63. The lowest BCUT2D eigenvalue weighted by Gasteiger charge is -2.18. The molecule has 1 atom stereocenters. The van der Waals surface area contributed by atoms with Crippen LogP contribution in [0.3, 0.4) is 0 Å². The molecular formula is C34H28N4O5. The van der Waals surface area contributed by atoms with Gasteiger partial charge in [-0.2, -0.15) is 0 Å². The van der Waals surface area contributed by atoms with Crippen LogP contribution in [0, 0.1) is 0 Å². The third-order valence-corrected chi connectivity index (χ3v) is 6.55. The fourth-order valence-corrected chi connectivity index (χ4v) is 4.36. The van der Waals surface area contributed by atoms with E-state index in [-0.39, 0.29) is 12.0 Å². The monoisotopic (exact) mass is 572 g/mol.